The Morgan fingerprint density at radius 2 is 1.93 bits per heavy atom. The van der Waals surface area contributed by atoms with Crippen molar-refractivity contribution in [3.05, 3.63) is 90.4 Å². The first kappa shape index (κ1) is 18.7. The van der Waals surface area contributed by atoms with Crippen LogP contribution in [-0.2, 0) is 6.54 Å². The zero-order chi connectivity index (χ0) is 20.2. The minimum atomic E-state index is 0.192. The van der Waals surface area contributed by atoms with Crippen molar-refractivity contribution in [1.82, 2.24) is 14.8 Å². The van der Waals surface area contributed by atoms with Gasteiger partial charge in [-0.15, -0.1) is 5.10 Å². The van der Waals surface area contributed by atoms with E-state index >= 15 is 0 Å². The quantitative estimate of drug-likeness (QED) is 0.354. The molecule has 0 saturated heterocycles. The van der Waals surface area contributed by atoms with E-state index in [4.69, 9.17) is 10.4 Å². The van der Waals surface area contributed by atoms with Crippen LogP contribution in [0.5, 0.6) is 0 Å². The second-order valence-electron chi connectivity index (χ2n) is 7.05. The number of nitrogens with zero attached hydrogens (tertiary/aromatic N) is 4. The molecular weight excluding hydrogens is 360 g/mol. The number of hydrogen-bond donors (Lipinski definition) is 2. The van der Waals surface area contributed by atoms with Gasteiger partial charge in [-0.1, -0.05) is 49.1 Å². The molecule has 6 heteroatoms. The van der Waals surface area contributed by atoms with Crippen LogP contribution in [-0.4, -0.2) is 21.1 Å². The summed E-state index contributed by atoms with van der Waals surface area (Å²) < 4.78 is 1.97. The van der Waals surface area contributed by atoms with E-state index in [2.05, 4.69) is 53.4 Å². The summed E-state index contributed by atoms with van der Waals surface area (Å²) in [5.41, 5.74) is 3.82. The lowest BCUT2D eigenvalue weighted by molar-refractivity contribution is 0.630. The molecule has 1 aliphatic rings. The fourth-order valence-electron chi connectivity index (χ4n) is 3.52. The van der Waals surface area contributed by atoms with E-state index in [-0.39, 0.29) is 5.92 Å². The highest BCUT2D eigenvalue weighted by Crippen LogP contribution is 2.30. The fraction of sp³-hybridized carbons (Fsp3) is 0.174. The topological polar surface area (TPSA) is 69.8 Å². The Morgan fingerprint density at radius 3 is 2.62 bits per heavy atom. The Hall–Kier alpha value is -3.67. The summed E-state index contributed by atoms with van der Waals surface area (Å²) in [6, 6.07) is 18.2. The third-order valence-corrected chi connectivity index (χ3v) is 4.97. The predicted octanol–water partition coefficient (Wildman–Crippen LogP) is 5.06. The van der Waals surface area contributed by atoms with Gasteiger partial charge in [-0.3, -0.25) is 5.41 Å². The minimum absolute atomic E-state index is 0.192. The first-order valence-electron chi connectivity index (χ1n) is 9.63. The van der Waals surface area contributed by atoms with E-state index in [9.17, 15) is 0 Å². The average Bonchev–Trinajstić information content (AvgIpc) is 3.02. The van der Waals surface area contributed by atoms with Gasteiger partial charge in [-0.25, -0.2) is 4.68 Å². The highest BCUT2D eigenvalue weighted by atomic mass is 15.4. The molecule has 4 rings (SSSR count). The maximum atomic E-state index is 7.54. The van der Waals surface area contributed by atoms with E-state index in [1.54, 1.807) is 4.90 Å². The SMILES string of the molecule is C=C(C)N(C=N)c1ccc(Nc2nc3n(n2)CC=CCC3c2ccccc2)cc1. The van der Waals surface area contributed by atoms with Crippen molar-refractivity contribution in [1.29, 1.82) is 5.41 Å². The second-order valence-corrected chi connectivity index (χ2v) is 7.05. The van der Waals surface area contributed by atoms with Crippen LogP contribution in [0.1, 0.15) is 30.7 Å². The molecule has 2 aromatic carbocycles. The Bertz CT molecular complexity index is 1030. The van der Waals surface area contributed by atoms with Crippen molar-refractivity contribution in [2.75, 3.05) is 10.2 Å². The molecular formula is C23H24N6. The van der Waals surface area contributed by atoms with E-state index in [0.717, 1.165) is 35.9 Å². The molecule has 6 nitrogen and oxygen atoms in total. The smallest absolute Gasteiger partial charge is 0.246 e. The number of hydrogen-bond acceptors (Lipinski definition) is 4. The maximum absolute atomic E-state index is 7.54. The molecule has 1 aromatic heterocycles. The summed E-state index contributed by atoms with van der Waals surface area (Å²) in [6.45, 7) is 6.49. The van der Waals surface area contributed by atoms with Crippen LogP contribution < -0.4 is 10.2 Å². The van der Waals surface area contributed by atoms with E-state index in [0.29, 0.717) is 5.95 Å². The van der Waals surface area contributed by atoms with E-state index in [1.807, 2.05) is 41.9 Å². The molecule has 0 fully saturated rings. The lowest BCUT2D eigenvalue weighted by Gasteiger charge is -2.18. The minimum Gasteiger partial charge on any atom is -0.323 e. The van der Waals surface area contributed by atoms with Gasteiger partial charge in [0, 0.05) is 23.0 Å². The molecule has 3 aromatic rings. The van der Waals surface area contributed by atoms with Crippen molar-refractivity contribution in [2.45, 2.75) is 25.8 Å². The third kappa shape index (κ3) is 3.96. The van der Waals surface area contributed by atoms with Crippen LogP contribution in [0.25, 0.3) is 0 Å². The number of rotatable bonds is 6. The van der Waals surface area contributed by atoms with Gasteiger partial charge in [0.05, 0.1) is 12.9 Å². The fourth-order valence-corrected chi connectivity index (χ4v) is 3.52. The monoisotopic (exact) mass is 384 g/mol. The van der Waals surface area contributed by atoms with Crippen molar-refractivity contribution in [3.63, 3.8) is 0 Å². The lowest BCUT2D eigenvalue weighted by atomic mass is 9.95. The normalized spacial score (nSPS) is 15.3. The standard InChI is InChI=1S/C23H24N6/c1-17(2)28(16-24)20-13-11-19(12-14-20)25-23-26-22-21(18-8-4-3-5-9-18)10-6-7-15-29(22)27-23/h3-9,11-14,16,21,24H,1,10,15H2,2H3,(H,25,27). The number of benzene rings is 2. The number of fused-ring (bicyclic) bond motifs is 1. The summed E-state index contributed by atoms with van der Waals surface area (Å²) in [5, 5.41) is 15.5. The van der Waals surface area contributed by atoms with Crippen LogP contribution in [0.2, 0.25) is 0 Å². The number of nitrogens with one attached hydrogen (secondary N) is 2. The zero-order valence-electron chi connectivity index (χ0n) is 16.4. The van der Waals surface area contributed by atoms with Gasteiger partial charge in [0.2, 0.25) is 5.95 Å². The molecule has 0 aliphatic carbocycles. The lowest BCUT2D eigenvalue weighted by Crippen LogP contribution is -2.16. The molecule has 2 heterocycles. The summed E-state index contributed by atoms with van der Waals surface area (Å²) in [7, 11) is 0. The molecule has 0 amide bonds. The van der Waals surface area contributed by atoms with Crippen LogP contribution in [0, 0.1) is 5.41 Å². The van der Waals surface area contributed by atoms with Crippen molar-refractivity contribution in [2.24, 2.45) is 0 Å². The summed E-state index contributed by atoms with van der Waals surface area (Å²) in [4.78, 5) is 6.53. The maximum Gasteiger partial charge on any atom is 0.246 e. The zero-order valence-corrected chi connectivity index (χ0v) is 16.4. The molecule has 0 radical (unpaired) electrons. The van der Waals surface area contributed by atoms with Gasteiger partial charge >= 0.3 is 0 Å². The Morgan fingerprint density at radius 1 is 1.17 bits per heavy atom. The van der Waals surface area contributed by atoms with Gasteiger partial charge in [0.1, 0.15) is 5.82 Å². The van der Waals surface area contributed by atoms with Gasteiger partial charge in [-0.05, 0) is 43.2 Å². The average molecular weight is 384 g/mol. The molecule has 1 aliphatic heterocycles. The van der Waals surface area contributed by atoms with Crippen molar-refractivity contribution >= 4 is 23.7 Å². The molecule has 146 valence electrons. The third-order valence-electron chi connectivity index (χ3n) is 4.97. The summed E-state index contributed by atoms with van der Waals surface area (Å²) in [5.74, 6) is 1.75. The number of aromatic nitrogens is 3. The van der Waals surface area contributed by atoms with Crippen molar-refractivity contribution in [3.8, 4) is 0 Å². The number of anilines is 3. The number of allylic oxidation sites excluding steroid dienone is 3. The highest BCUT2D eigenvalue weighted by Gasteiger charge is 2.22. The molecule has 0 saturated carbocycles. The van der Waals surface area contributed by atoms with Gasteiger partial charge in [0.25, 0.3) is 0 Å². The first-order valence-corrected chi connectivity index (χ1v) is 9.63. The Kier molecular flexibility index (Phi) is 5.24. The first-order chi connectivity index (χ1) is 14.2. The molecule has 1 atom stereocenters. The molecule has 2 N–H and O–H groups in total. The molecule has 0 bridgehead atoms. The van der Waals surface area contributed by atoms with Crippen LogP contribution >= 0.6 is 0 Å². The van der Waals surface area contributed by atoms with Gasteiger partial charge in [0.15, 0.2) is 0 Å². The molecule has 0 spiro atoms. The summed E-state index contributed by atoms with van der Waals surface area (Å²) in [6.07, 6.45) is 6.52. The second kappa shape index (κ2) is 8.14. The largest absolute Gasteiger partial charge is 0.323 e. The van der Waals surface area contributed by atoms with E-state index in [1.165, 1.54) is 11.9 Å². The molecule has 29 heavy (non-hydrogen) atoms. The molecule has 1 unspecified atom stereocenters. The highest BCUT2D eigenvalue weighted by molar-refractivity contribution is 5.81. The van der Waals surface area contributed by atoms with Gasteiger partial charge < -0.3 is 10.2 Å². The Balaban J connectivity index is 1.58. The van der Waals surface area contributed by atoms with Gasteiger partial charge in [-0.2, -0.15) is 4.98 Å². The van der Waals surface area contributed by atoms with E-state index < -0.39 is 0 Å². The van der Waals surface area contributed by atoms with Crippen LogP contribution in [0.4, 0.5) is 17.3 Å². The summed E-state index contributed by atoms with van der Waals surface area (Å²) >= 11 is 0. The Labute approximate surface area is 170 Å². The van der Waals surface area contributed by atoms with Crippen molar-refractivity contribution < 1.29 is 0 Å². The van der Waals surface area contributed by atoms with Crippen LogP contribution in [0.3, 0.4) is 0 Å². The van der Waals surface area contributed by atoms with Crippen LogP contribution in [0.15, 0.2) is 79.0 Å². The predicted molar refractivity (Wildman–Crippen MR) is 118 cm³/mol.